The number of nitrogens with one attached hydrogen (secondary N) is 1. The van der Waals surface area contributed by atoms with Crippen LogP contribution in [0, 0.1) is 5.92 Å². The van der Waals surface area contributed by atoms with E-state index in [9.17, 15) is 4.79 Å². The van der Waals surface area contributed by atoms with Gasteiger partial charge in [-0.3, -0.25) is 4.90 Å². The number of halogens is 2. The number of hydrogen-bond donors (Lipinski definition) is 1. The second kappa shape index (κ2) is 12.1. The summed E-state index contributed by atoms with van der Waals surface area (Å²) >= 11 is 12.1. The minimum absolute atomic E-state index is 0.0217. The summed E-state index contributed by atoms with van der Waals surface area (Å²) in [5.41, 5.74) is 2.10. The number of benzene rings is 1. The molecular weight excluding hydrogens is 405 g/mol. The average Bonchev–Trinajstić information content (AvgIpc) is 3.14. The van der Waals surface area contributed by atoms with Crippen LogP contribution in [0.5, 0.6) is 0 Å². The van der Waals surface area contributed by atoms with Crippen molar-refractivity contribution in [1.82, 2.24) is 15.1 Å². The fraction of sp³-hybridized carbons (Fsp3) is 0.435. The maximum absolute atomic E-state index is 12.7. The van der Waals surface area contributed by atoms with Gasteiger partial charge in [0.2, 0.25) is 0 Å². The van der Waals surface area contributed by atoms with Crippen LogP contribution in [-0.2, 0) is 6.54 Å². The Bertz CT molecular complexity index is 748. The molecule has 1 heterocycles. The third kappa shape index (κ3) is 7.54. The van der Waals surface area contributed by atoms with Crippen LogP contribution in [0.4, 0.5) is 4.79 Å². The van der Waals surface area contributed by atoms with Gasteiger partial charge in [0.1, 0.15) is 0 Å². The molecule has 1 saturated heterocycles. The number of nitrogens with zero attached hydrogens (tertiary/aromatic N) is 2. The van der Waals surface area contributed by atoms with Crippen LogP contribution < -0.4 is 5.32 Å². The summed E-state index contributed by atoms with van der Waals surface area (Å²) in [7, 11) is 0. The summed E-state index contributed by atoms with van der Waals surface area (Å²) in [6.45, 7) is 14.4. The molecule has 4 nitrogen and oxygen atoms in total. The Morgan fingerprint density at radius 2 is 2.14 bits per heavy atom. The predicted molar refractivity (Wildman–Crippen MR) is 124 cm³/mol. The molecule has 29 heavy (non-hydrogen) atoms. The summed E-state index contributed by atoms with van der Waals surface area (Å²) in [6, 6.07) is 5.78. The van der Waals surface area contributed by atoms with Crippen LogP contribution in [0.15, 0.2) is 55.2 Å². The molecule has 0 saturated carbocycles. The molecule has 0 radical (unpaired) electrons. The largest absolute Gasteiger partial charge is 0.334 e. The Balaban J connectivity index is 1.87. The van der Waals surface area contributed by atoms with Crippen LogP contribution >= 0.6 is 23.2 Å². The molecule has 1 fully saturated rings. The van der Waals surface area contributed by atoms with Crippen LogP contribution in [0.1, 0.15) is 25.3 Å². The van der Waals surface area contributed by atoms with Gasteiger partial charge in [-0.1, -0.05) is 67.6 Å². The van der Waals surface area contributed by atoms with E-state index in [0.717, 1.165) is 56.7 Å². The highest BCUT2D eigenvalue weighted by Crippen LogP contribution is 2.25. The Hall–Kier alpha value is -1.75. The number of amides is 2. The van der Waals surface area contributed by atoms with E-state index >= 15 is 0 Å². The molecule has 1 aromatic carbocycles. The van der Waals surface area contributed by atoms with Crippen LogP contribution in [0.25, 0.3) is 0 Å². The van der Waals surface area contributed by atoms with Crippen molar-refractivity contribution in [2.45, 2.75) is 26.3 Å². The number of allylic oxidation sites excluding steroid dienone is 2. The zero-order chi connectivity index (χ0) is 21.2. The first-order chi connectivity index (χ1) is 14.0. The topological polar surface area (TPSA) is 35.6 Å². The number of rotatable bonds is 10. The monoisotopic (exact) mass is 435 g/mol. The summed E-state index contributed by atoms with van der Waals surface area (Å²) in [5.74, 6) is 0.470. The van der Waals surface area contributed by atoms with Crippen molar-refractivity contribution in [3.05, 3.63) is 70.8 Å². The molecule has 0 bridgehead atoms. The molecule has 2 rings (SSSR count). The molecule has 158 valence electrons. The van der Waals surface area contributed by atoms with E-state index in [1.54, 1.807) is 12.2 Å². The van der Waals surface area contributed by atoms with Crippen LogP contribution in [0.3, 0.4) is 0 Å². The lowest BCUT2D eigenvalue weighted by Gasteiger charge is -2.26. The molecule has 2 amide bonds. The first-order valence-corrected chi connectivity index (χ1v) is 10.9. The van der Waals surface area contributed by atoms with Crippen molar-refractivity contribution in [3.63, 3.8) is 0 Å². The highest BCUT2D eigenvalue weighted by Gasteiger charge is 2.26. The van der Waals surface area contributed by atoms with Gasteiger partial charge < -0.3 is 10.2 Å². The number of likely N-dealkylation sites (tertiary alicyclic amines) is 1. The van der Waals surface area contributed by atoms with E-state index in [4.69, 9.17) is 23.2 Å². The van der Waals surface area contributed by atoms with E-state index in [1.165, 1.54) is 0 Å². The first-order valence-electron chi connectivity index (χ1n) is 10.1. The number of carbonyl (C=O) groups excluding carboxylic acids is 1. The maximum atomic E-state index is 12.7. The van der Waals surface area contributed by atoms with Gasteiger partial charge in [-0.05, 0) is 48.6 Å². The second-order valence-electron chi connectivity index (χ2n) is 7.42. The van der Waals surface area contributed by atoms with Crippen LogP contribution in [-0.4, -0.2) is 48.6 Å². The van der Waals surface area contributed by atoms with Crippen molar-refractivity contribution in [1.29, 1.82) is 0 Å². The van der Waals surface area contributed by atoms with Gasteiger partial charge in [0.15, 0.2) is 0 Å². The van der Waals surface area contributed by atoms with Gasteiger partial charge >= 0.3 is 6.03 Å². The molecule has 1 aliphatic rings. The lowest BCUT2D eigenvalue weighted by Crippen LogP contribution is -2.43. The van der Waals surface area contributed by atoms with E-state index in [0.29, 0.717) is 22.5 Å². The van der Waals surface area contributed by atoms with Crippen molar-refractivity contribution in [3.8, 4) is 0 Å². The van der Waals surface area contributed by atoms with E-state index in [2.05, 4.69) is 30.3 Å². The lowest BCUT2D eigenvalue weighted by molar-refractivity contribution is 0.187. The van der Waals surface area contributed by atoms with Gasteiger partial charge in [-0.2, -0.15) is 0 Å². The highest BCUT2D eigenvalue weighted by atomic mass is 35.5. The molecule has 0 spiro atoms. The van der Waals surface area contributed by atoms with Crippen molar-refractivity contribution in [2.75, 3.05) is 32.7 Å². The molecule has 0 aliphatic carbocycles. The number of urea groups is 1. The molecule has 1 aromatic rings. The Labute approximate surface area is 184 Å². The van der Waals surface area contributed by atoms with Crippen molar-refractivity contribution >= 4 is 29.2 Å². The normalized spacial score (nSPS) is 17.2. The maximum Gasteiger partial charge on any atom is 0.317 e. The standard InChI is InChI=1S/C23H31Cl2N3O/c1-4-7-18(6-3)14-26-23(29)28(11-5-2)17-20-10-12-27(16-20)15-19-8-9-21(24)22(25)13-19/h4,6-9,13,20H,1,3,5,10-12,14-17H2,2H3,(H,26,29)/b18-7+. The summed E-state index contributed by atoms with van der Waals surface area (Å²) in [4.78, 5) is 17.0. The lowest BCUT2D eigenvalue weighted by atomic mass is 10.1. The zero-order valence-electron chi connectivity index (χ0n) is 17.2. The fourth-order valence-electron chi connectivity index (χ4n) is 3.60. The Morgan fingerprint density at radius 1 is 1.34 bits per heavy atom. The van der Waals surface area contributed by atoms with Gasteiger partial charge in [0, 0.05) is 32.7 Å². The van der Waals surface area contributed by atoms with Gasteiger partial charge in [-0.25, -0.2) is 4.79 Å². The average molecular weight is 436 g/mol. The Morgan fingerprint density at radius 3 is 2.79 bits per heavy atom. The first kappa shape index (κ1) is 23.5. The van der Waals surface area contributed by atoms with Gasteiger partial charge in [0.25, 0.3) is 0 Å². The van der Waals surface area contributed by atoms with E-state index < -0.39 is 0 Å². The third-order valence-electron chi connectivity index (χ3n) is 5.06. The molecule has 1 N–H and O–H groups in total. The fourth-order valence-corrected chi connectivity index (χ4v) is 3.92. The molecule has 6 heteroatoms. The molecular formula is C23H31Cl2N3O. The smallest absolute Gasteiger partial charge is 0.317 e. The quantitative estimate of drug-likeness (QED) is 0.489. The van der Waals surface area contributed by atoms with Gasteiger partial charge in [-0.15, -0.1) is 0 Å². The Kier molecular flexibility index (Phi) is 9.79. The summed E-state index contributed by atoms with van der Waals surface area (Å²) < 4.78 is 0. The summed E-state index contributed by atoms with van der Waals surface area (Å²) in [6.07, 6.45) is 7.32. The highest BCUT2D eigenvalue weighted by molar-refractivity contribution is 6.42. The summed E-state index contributed by atoms with van der Waals surface area (Å²) in [5, 5.41) is 4.17. The van der Waals surface area contributed by atoms with Crippen molar-refractivity contribution in [2.24, 2.45) is 5.92 Å². The third-order valence-corrected chi connectivity index (χ3v) is 5.80. The van der Waals surface area contributed by atoms with E-state index in [1.807, 2.05) is 29.2 Å². The van der Waals surface area contributed by atoms with Gasteiger partial charge in [0.05, 0.1) is 10.0 Å². The number of carbonyl (C=O) groups is 1. The minimum Gasteiger partial charge on any atom is -0.334 e. The molecule has 0 aromatic heterocycles. The number of hydrogen-bond acceptors (Lipinski definition) is 2. The van der Waals surface area contributed by atoms with Crippen molar-refractivity contribution < 1.29 is 4.79 Å². The second-order valence-corrected chi connectivity index (χ2v) is 8.24. The minimum atomic E-state index is -0.0217. The van der Waals surface area contributed by atoms with E-state index in [-0.39, 0.29) is 6.03 Å². The van der Waals surface area contributed by atoms with Crippen LogP contribution in [0.2, 0.25) is 10.0 Å². The molecule has 1 unspecified atom stereocenters. The molecule has 1 atom stereocenters. The SMILES string of the molecule is C=C/C=C(\C=C)CNC(=O)N(CCC)CC1CCN(Cc2ccc(Cl)c(Cl)c2)C1. The zero-order valence-corrected chi connectivity index (χ0v) is 18.7. The molecule has 1 aliphatic heterocycles. The predicted octanol–water partition coefficient (Wildman–Crippen LogP) is 5.54.